The van der Waals surface area contributed by atoms with Gasteiger partial charge < -0.3 is 5.32 Å². The summed E-state index contributed by atoms with van der Waals surface area (Å²) in [6, 6.07) is 17.5. The van der Waals surface area contributed by atoms with E-state index in [1.807, 2.05) is 54.6 Å². The van der Waals surface area contributed by atoms with Crippen LogP contribution in [0.2, 0.25) is 0 Å². The second kappa shape index (κ2) is 7.74. The summed E-state index contributed by atoms with van der Waals surface area (Å²) in [6.45, 7) is 7.71. The van der Waals surface area contributed by atoms with E-state index < -0.39 is 0 Å². The van der Waals surface area contributed by atoms with Gasteiger partial charge in [-0.2, -0.15) is 0 Å². The normalized spacial score (nSPS) is 10.8. The van der Waals surface area contributed by atoms with Crippen molar-refractivity contribution in [3.05, 3.63) is 91.0 Å². The van der Waals surface area contributed by atoms with Crippen molar-refractivity contribution in [2.24, 2.45) is 4.99 Å². The molecule has 0 aliphatic rings. The van der Waals surface area contributed by atoms with Crippen LogP contribution in [0.1, 0.15) is 11.1 Å². The van der Waals surface area contributed by atoms with Crippen LogP contribution in [0.3, 0.4) is 0 Å². The third-order valence-electron chi connectivity index (χ3n) is 3.05. The van der Waals surface area contributed by atoms with Gasteiger partial charge in [0, 0.05) is 11.1 Å². The Morgan fingerprint density at radius 1 is 1.05 bits per heavy atom. The number of para-hydroxylation sites is 1. The molecule has 3 nitrogen and oxygen atoms in total. The van der Waals surface area contributed by atoms with E-state index in [1.54, 1.807) is 6.08 Å². The van der Waals surface area contributed by atoms with Crippen LogP contribution in [0, 0.1) is 0 Å². The van der Waals surface area contributed by atoms with Crippen LogP contribution < -0.4 is 5.32 Å². The van der Waals surface area contributed by atoms with Crippen molar-refractivity contribution >= 4 is 17.3 Å². The van der Waals surface area contributed by atoms with E-state index in [1.165, 1.54) is 6.08 Å². The predicted octanol–water partition coefficient (Wildman–Crippen LogP) is 3.83. The summed E-state index contributed by atoms with van der Waals surface area (Å²) in [4.78, 5) is 16.2. The van der Waals surface area contributed by atoms with Gasteiger partial charge in [-0.05, 0) is 12.1 Å². The van der Waals surface area contributed by atoms with Crippen molar-refractivity contribution < 1.29 is 4.79 Å². The number of nitrogens with one attached hydrogen (secondary N) is 1. The maximum atomic E-state index is 11.6. The SMILES string of the molecule is C=CCN=C(c1ccccc1)c1ccccc1NC(=O)C=C. The van der Waals surface area contributed by atoms with Crippen molar-refractivity contribution in [1.29, 1.82) is 0 Å². The zero-order valence-corrected chi connectivity index (χ0v) is 12.3. The Bertz CT molecular complexity index is 702. The molecule has 0 radical (unpaired) electrons. The molecule has 2 aromatic rings. The summed E-state index contributed by atoms with van der Waals surface area (Å²) in [5.74, 6) is -0.247. The lowest BCUT2D eigenvalue weighted by molar-refractivity contribution is -0.111. The number of hydrogen-bond acceptors (Lipinski definition) is 2. The highest BCUT2D eigenvalue weighted by molar-refractivity contribution is 6.17. The van der Waals surface area contributed by atoms with Gasteiger partial charge in [-0.15, -0.1) is 6.58 Å². The lowest BCUT2D eigenvalue weighted by atomic mass is 10.0. The maximum Gasteiger partial charge on any atom is 0.247 e. The molecule has 2 rings (SSSR count). The van der Waals surface area contributed by atoms with Crippen LogP contribution in [-0.2, 0) is 4.79 Å². The molecule has 3 heteroatoms. The number of rotatable bonds is 6. The molecule has 0 fully saturated rings. The van der Waals surface area contributed by atoms with Crippen LogP contribution in [0.5, 0.6) is 0 Å². The van der Waals surface area contributed by atoms with Gasteiger partial charge in [0.1, 0.15) is 0 Å². The molecule has 0 spiro atoms. The monoisotopic (exact) mass is 290 g/mol. The summed E-state index contributed by atoms with van der Waals surface area (Å²) < 4.78 is 0. The fourth-order valence-electron chi connectivity index (χ4n) is 2.07. The van der Waals surface area contributed by atoms with Crippen LogP contribution in [0.25, 0.3) is 0 Å². The average molecular weight is 290 g/mol. The Hall–Kier alpha value is -2.94. The first kappa shape index (κ1) is 15.4. The number of carbonyl (C=O) groups is 1. The van der Waals surface area contributed by atoms with Crippen molar-refractivity contribution in [2.45, 2.75) is 0 Å². The summed E-state index contributed by atoms with van der Waals surface area (Å²) in [5, 5.41) is 2.82. The Balaban J connectivity index is 2.51. The van der Waals surface area contributed by atoms with Crippen LogP contribution in [0.15, 0.2) is 84.9 Å². The molecule has 0 aliphatic heterocycles. The summed E-state index contributed by atoms with van der Waals surface area (Å²) in [7, 11) is 0. The summed E-state index contributed by atoms with van der Waals surface area (Å²) in [5.41, 5.74) is 3.38. The Kier molecular flexibility index (Phi) is 5.44. The molecule has 0 unspecified atom stereocenters. The summed E-state index contributed by atoms with van der Waals surface area (Å²) >= 11 is 0. The molecule has 22 heavy (non-hydrogen) atoms. The largest absolute Gasteiger partial charge is 0.322 e. The molecular weight excluding hydrogens is 272 g/mol. The number of hydrogen-bond donors (Lipinski definition) is 1. The molecule has 1 N–H and O–H groups in total. The average Bonchev–Trinajstić information content (AvgIpc) is 2.57. The van der Waals surface area contributed by atoms with E-state index in [2.05, 4.69) is 23.5 Å². The van der Waals surface area contributed by atoms with Crippen molar-refractivity contribution in [3.8, 4) is 0 Å². The number of benzene rings is 2. The number of amides is 1. The minimum atomic E-state index is -0.247. The molecule has 1 amide bonds. The maximum absolute atomic E-state index is 11.6. The Morgan fingerprint density at radius 2 is 1.73 bits per heavy atom. The molecule has 0 saturated heterocycles. The van der Waals surface area contributed by atoms with E-state index in [0.717, 1.165) is 16.8 Å². The number of carbonyl (C=O) groups excluding carboxylic acids is 1. The quantitative estimate of drug-likeness (QED) is 0.490. The van der Waals surface area contributed by atoms with E-state index in [9.17, 15) is 4.79 Å². The fourth-order valence-corrected chi connectivity index (χ4v) is 2.07. The standard InChI is InChI=1S/C19H18N2O/c1-3-14-20-19(15-10-6-5-7-11-15)16-12-8-9-13-17(16)21-18(22)4-2/h3-13H,1-2,14H2,(H,21,22). The number of nitrogens with zero attached hydrogens (tertiary/aromatic N) is 1. The predicted molar refractivity (Wildman–Crippen MR) is 92.4 cm³/mol. The topological polar surface area (TPSA) is 41.5 Å². The highest BCUT2D eigenvalue weighted by atomic mass is 16.1. The third-order valence-corrected chi connectivity index (χ3v) is 3.05. The lowest BCUT2D eigenvalue weighted by Gasteiger charge is -2.13. The molecular formula is C19H18N2O. The van der Waals surface area contributed by atoms with Gasteiger partial charge in [0.15, 0.2) is 0 Å². The molecule has 0 heterocycles. The molecule has 0 atom stereocenters. The Labute approximate surface area is 130 Å². The van der Waals surface area contributed by atoms with E-state index in [0.29, 0.717) is 12.2 Å². The molecule has 0 aliphatic carbocycles. The minimum Gasteiger partial charge on any atom is -0.322 e. The highest BCUT2D eigenvalue weighted by Gasteiger charge is 2.12. The molecule has 0 saturated carbocycles. The lowest BCUT2D eigenvalue weighted by Crippen LogP contribution is -2.13. The van der Waals surface area contributed by atoms with Crippen molar-refractivity contribution in [1.82, 2.24) is 0 Å². The van der Waals surface area contributed by atoms with E-state index in [4.69, 9.17) is 0 Å². The summed E-state index contributed by atoms with van der Waals surface area (Å²) in [6.07, 6.45) is 2.99. The first-order valence-electron chi connectivity index (χ1n) is 7.00. The van der Waals surface area contributed by atoms with Crippen molar-refractivity contribution in [2.75, 3.05) is 11.9 Å². The van der Waals surface area contributed by atoms with Gasteiger partial charge in [-0.1, -0.05) is 61.2 Å². The van der Waals surface area contributed by atoms with E-state index >= 15 is 0 Å². The van der Waals surface area contributed by atoms with Crippen LogP contribution in [0.4, 0.5) is 5.69 Å². The molecule has 0 aromatic heterocycles. The van der Waals surface area contributed by atoms with Gasteiger partial charge in [0.2, 0.25) is 5.91 Å². The van der Waals surface area contributed by atoms with Crippen LogP contribution in [-0.4, -0.2) is 18.2 Å². The molecule has 2 aromatic carbocycles. The van der Waals surface area contributed by atoms with Gasteiger partial charge >= 0.3 is 0 Å². The molecule has 110 valence electrons. The number of anilines is 1. The highest BCUT2D eigenvalue weighted by Crippen LogP contribution is 2.20. The smallest absolute Gasteiger partial charge is 0.247 e. The van der Waals surface area contributed by atoms with Crippen LogP contribution >= 0.6 is 0 Å². The first-order valence-corrected chi connectivity index (χ1v) is 7.00. The number of aliphatic imine (C=N–C) groups is 1. The Morgan fingerprint density at radius 3 is 2.41 bits per heavy atom. The van der Waals surface area contributed by atoms with Gasteiger partial charge in [0.05, 0.1) is 17.9 Å². The third kappa shape index (κ3) is 3.79. The van der Waals surface area contributed by atoms with Gasteiger partial charge in [-0.3, -0.25) is 9.79 Å². The molecule has 0 bridgehead atoms. The first-order chi connectivity index (χ1) is 10.8. The minimum absolute atomic E-state index is 0.247. The zero-order chi connectivity index (χ0) is 15.8. The fraction of sp³-hybridized carbons (Fsp3) is 0.0526. The van der Waals surface area contributed by atoms with Gasteiger partial charge in [0.25, 0.3) is 0 Å². The van der Waals surface area contributed by atoms with Crippen molar-refractivity contribution in [3.63, 3.8) is 0 Å². The second-order valence-electron chi connectivity index (χ2n) is 4.58. The van der Waals surface area contributed by atoms with E-state index in [-0.39, 0.29) is 5.91 Å². The zero-order valence-electron chi connectivity index (χ0n) is 12.3. The van der Waals surface area contributed by atoms with Gasteiger partial charge in [-0.25, -0.2) is 0 Å². The second-order valence-corrected chi connectivity index (χ2v) is 4.58.